The topological polar surface area (TPSA) is 75.4 Å². The van der Waals surface area contributed by atoms with Gasteiger partial charge in [-0.25, -0.2) is 0 Å². The van der Waals surface area contributed by atoms with Crippen LogP contribution in [-0.4, -0.2) is 31.3 Å². The van der Waals surface area contributed by atoms with E-state index in [0.29, 0.717) is 6.41 Å². The lowest BCUT2D eigenvalue weighted by Gasteiger charge is -2.08. The molecule has 0 bridgehead atoms. The van der Waals surface area contributed by atoms with Gasteiger partial charge in [-0.15, -0.1) is 0 Å². The summed E-state index contributed by atoms with van der Waals surface area (Å²) in [6, 6.07) is 0. The number of rotatable bonds is 3. The Morgan fingerprint density at radius 1 is 1.64 bits per heavy atom. The molecule has 0 radical (unpaired) electrons. The molecule has 5 nitrogen and oxygen atoms in total. The summed E-state index contributed by atoms with van der Waals surface area (Å²) in [4.78, 5) is 21.8. The predicted octanol–water partition coefficient (Wildman–Crippen LogP) is -1.38. The zero-order valence-electron chi connectivity index (χ0n) is 6.50. The molecule has 62 valence electrons. The number of nitrogens with one attached hydrogen (secondary N) is 1. The standard InChI is InChI=1S/C6H11N3O2/c1-8-6(11)3-5(7)9(2)4-10/h3-4H,7H2,1-2H3,(H,8,11)/b5-3-. The lowest BCUT2D eigenvalue weighted by Crippen LogP contribution is -2.25. The molecule has 0 aromatic heterocycles. The number of nitrogens with zero attached hydrogens (tertiary/aromatic N) is 1. The van der Waals surface area contributed by atoms with Gasteiger partial charge in [0.1, 0.15) is 5.82 Å². The summed E-state index contributed by atoms with van der Waals surface area (Å²) in [5, 5.41) is 2.34. The third-order valence-electron chi connectivity index (χ3n) is 1.09. The maximum absolute atomic E-state index is 10.6. The lowest BCUT2D eigenvalue weighted by atomic mass is 10.5. The average molecular weight is 157 g/mol. The van der Waals surface area contributed by atoms with E-state index in [4.69, 9.17) is 5.73 Å². The molecule has 0 aliphatic carbocycles. The Hall–Kier alpha value is -1.52. The number of amides is 2. The van der Waals surface area contributed by atoms with Crippen molar-refractivity contribution in [2.75, 3.05) is 14.1 Å². The summed E-state index contributed by atoms with van der Waals surface area (Å²) >= 11 is 0. The van der Waals surface area contributed by atoms with Crippen LogP contribution in [0.15, 0.2) is 11.9 Å². The van der Waals surface area contributed by atoms with E-state index in [9.17, 15) is 9.59 Å². The van der Waals surface area contributed by atoms with Crippen molar-refractivity contribution >= 4 is 12.3 Å². The number of hydrogen-bond acceptors (Lipinski definition) is 3. The fraction of sp³-hybridized carbons (Fsp3) is 0.333. The van der Waals surface area contributed by atoms with Gasteiger partial charge >= 0.3 is 0 Å². The first kappa shape index (κ1) is 9.48. The van der Waals surface area contributed by atoms with Crippen molar-refractivity contribution in [1.29, 1.82) is 0 Å². The zero-order chi connectivity index (χ0) is 8.85. The van der Waals surface area contributed by atoms with E-state index in [1.807, 2.05) is 0 Å². The first-order valence-electron chi connectivity index (χ1n) is 2.98. The summed E-state index contributed by atoms with van der Waals surface area (Å²) in [6.45, 7) is 0. The van der Waals surface area contributed by atoms with E-state index in [0.717, 1.165) is 11.0 Å². The van der Waals surface area contributed by atoms with Crippen LogP contribution in [0.2, 0.25) is 0 Å². The van der Waals surface area contributed by atoms with Gasteiger partial charge in [-0.1, -0.05) is 0 Å². The fourth-order valence-electron chi connectivity index (χ4n) is 0.369. The summed E-state index contributed by atoms with van der Waals surface area (Å²) in [5.74, 6) is -0.226. The molecule has 0 rings (SSSR count). The van der Waals surface area contributed by atoms with Crippen molar-refractivity contribution < 1.29 is 9.59 Å². The highest BCUT2D eigenvalue weighted by molar-refractivity contribution is 5.88. The van der Waals surface area contributed by atoms with E-state index in [1.54, 1.807) is 0 Å². The first-order valence-corrected chi connectivity index (χ1v) is 2.98. The minimum atomic E-state index is -0.337. The summed E-state index contributed by atoms with van der Waals surface area (Å²) in [6.07, 6.45) is 1.66. The highest BCUT2D eigenvalue weighted by Crippen LogP contribution is 1.87. The number of carbonyl (C=O) groups is 2. The monoisotopic (exact) mass is 157 g/mol. The van der Waals surface area contributed by atoms with Gasteiger partial charge in [0.2, 0.25) is 12.3 Å². The Bertz CT molecular complexity index is 188. The summed E-state index contributed by atoms with van der Waals surface area (Å²) in [7, 11) is 2.94. The Morgan fingerprint density at radius 3 is 2.55 bits per heavy atom. The normalized spacial score (nSPS) is 10.5. The molecule has 0 heterocycles. The molecular formula is C6H11N3O2. The van der Waals surface area contributed by atoms with Crippen LogP contribution in [0, 0.1) is 0 Å². The first-order chi connectivity index (χ1) is 5.11. The molecule has 0 spiro atoms. The van der Waals surface area contributed by atoms with E-state index in [2.05, 4.69) is 5.32 Å². The van der Waals surface area contributed by atoms with Gasteiger partial charge < -0.3 is 16.0 Å². The quantitative estimate of drug-likeness (QED) is 0.391. The molecule has 0 saturated carbocycles. The second-order valence-electron chi connectivity index (χ2n) is 1.90. The maximum Gasteiger partial charge on any atom is 0.247 e. The third kappa shape index (κ3) is 3.24. The van der Waals surface area contributed by atoms with Crippen LogP contribution in [0.25, 0.3) is 0 Å². The molecule has 0 aliphatic heterocycles. The van der Waals surface area contributed by atoms with Gasteiger partial charge in [0.25, 0.3) is 0 Å². The molecule has 0 atom stereocenters. The predicted molar refractivity (Wildman–Crippen MR) is 40.2 cm³/mol. The second kappa shape index (κ2) is 4.32. The average Bonchev–Trinajstić information content (AvgIpc) is 2.02. The van der Waals surface area contributed by atoms with Gasteiger partial charge in [-0.3, -0.25) is 9.59 Å². The zero-order valence-corrected chi connectivity index (χ0v) is 6.50. The highest BCUT2D eigenvalue weighted by atomic mass is 16.1. The Labute approximate surface area is 64.8 Å². The molecule has 0 fully saturated rings. The minimum Gasteiger partial charge on any atom is -0.385 e. The largest absolute Gasteiger partial charge is 0.385 e. The number of hydrogen-bond donors (Lipinski definition) is 2. The fourth-order valence-corrected chi connectivity index (χ4v) is 0.369. The molecule has 0 aliphatic rings. The van der Waals surface area contributed by atoms with Crippen molar-refractivity contribution in [3.8, 4) is 0 Å². The van der Waals surface area contributed by atoms with Crippen LogP contribution >= 0.6 is 0 Å². The van der Waals surface area contributed by atoms with Crippen LogP contribution in [0.3, 0.4) is 0 Å². The molecule has 0 saturated heterocycles. The molecule has 2 amide bonds. The molecule has 5 heteroatoms. The maximum atomic E-state index is 10.6. The summed E-state index contributed by atoms with van der Waals surface area (Å²) < 4.78 is 0. The van der Waals surface area contributed by atoms with Crippen molar-refractivity contribution in [3.63, 3.8) is 0 Å². The molecule has 0 unspecified atom stereocenters. The Balaban J connectivity index is 4.20. The van der Waals surface area contributed by atoms with Crippen LogP contribution in [0.1, 0.15) is 0 Å². The number of carbonyl (C=O) groups excluding carboxylic acids is 2. The van der Waals surface area contributed by atoms with Crippen LogP contribution < -0.4 is 11.1 Å². The van der Waals surface area contributed by atoms with Gasteiger partial charge in [-0.2, -0.15) is 0 Å². The van der Waals surface area contributed by atoms with E-state index < -0.39 is 0 Å². The highest BCUT2D eigenvalue weighted by Gasteiger charge is 1.98. The minimum absolute atomic E-state index is 0.111. The Morgan fingerprint density at radius 2 is 2.18 bits per heavy atom. The molecule has 0 aromatic carbocycles. The SMILES string of the molecule is CNC(=O)/C=C(/N)N(C)C=O. The van der Waals surface area contributed by atoms with E-state index >= 15 is 0 Å². The molecular weight excluding hydrogens is 146 g/mol. The molecule has 11 heavy (non-hydrogen) atoms. The number of nitrogens with two attached hydrogens (primary N) is 1. The molecule has 0 aromatic rings. The number of likely N-dealkylation sites (N-methyl/N-ethyl adjacent to an activating group) is 1. The van der Waals surface area contributed by atoms with Crippen molar-refractivity contribution in [2.24, 2.45) is 5.73 Å². The van der Waals surface area contributed by atoms with Crippen molar-refractivity contribution in [1.82, 2.24) is 10.2 Å². The lowest BCUT2D eigenvalue weighted by molar-refractivity contribution is -0.116. The van der Waals surface area contributed by atoms with Gasteiger partial charge in [0, 0.05) is 20.2 Å². The van der Waals surface area contributed by atoms with Crippen LogP contribution in [0.5, 0.6) is 0 Å². The smallest absolute Gasteiger partial charge is 0.247 e. The van der Waals surface area contributed by atoms with Crippen LogP contribution in [-0.2, 0) is 9.59 Å². The molecule has 3 N–H and O–H groups in total. The van der Waals surface area contributed by atoms with Gasteiger partial charge in [-0.05, 0) is 0 Å². The Kier molecular flexibility index (Phi) is 3.72. The third-order valence-corrected chi connectivity index (χ3v) is 1.09. The van der Waals surface area contributed by atoms with Crippen molar-refractivity contribution in [3.05, 3.63) is 11.9 Å². The van der Waals surface area contributed by atoms with Gasteiger partial charge in [0.05, 0.1) is 0 Å². The van der Waals surface area contributed by atoms with Gasteiger partial charge in [0.15, 0.2) is 0 Å². The van der Waals surface area contributed by atoms with Crippen LogP contribution in [0.4, 0.5) is 0 Å². The second-order valence-corrected chi connectivity index (χ2v) is 1.90. The van der Waals surface area contributed by atoms with E-state index in [1.165, 1.54) is 14.1 Å². The van der Waals surface area contributed by atoms with Crippen molar-refractivity contribution in [2.45, 2.75) is 0 Å². The summed E-state index contributed by atoms with van der Waals surface area (Å²) in [5.41, 5.74) is 5.30. The van der Waals surface area contributed by atoms with E-state index in [-0.39, 0.29) is 11.7 Å².